The molecule has 6 rings (SSSR count). The molecule has 0 saturated carbocycles. The molecule has 1 amide bonds. The topological polar surface area (TPSA) is 42.4 Å². The van der Waals surface area contributed by atoms with Gasteiger partial charge in [-0.1, -0.05) is 0 Å². The van der Waals surface area contributed by atoms with Crippen LogP contribution in [0, 0.1) is 0 Å². The van der Waals surface area contributed by atoms with E-state index in [0.29, 0.717) is 19.0 Å². The fraction of sp³-hybridized carbons (Fsp3) is 0.143. The van der Waals surface area contributed by atoms with Gasteiger partial charge in [0.15, 0.2) is 0 Å². The van der Waals surface area contributed by atoms with Gasteiger partial charge in [0.2, 0.25) is 0 Å². The van der Waals surface area contributed by atoms with Crippen LogP contribution >= 0.6 is 20.8 Å². The molecule has 0 radical (unpaired) electrons. The third-order valence-electron chi connectivity index (χ3n) is 8.04. The van der Waals surface area contributed by atoms with Crippen molar-refractivity contribution in [1.82, 2.24) is 4.98 Å². The van der Waals surface area contributed by atoms with Crippen molar-refractivity contribution < 1.29 is 9.53 Å². The maximum absolute atomic E-state index is 13.0. The number of anilines is 1. The Labute approximate surface area is 249 Å². The second kappa shape index (κ2) is 11.2. The summed E-state index contributed by atoms with van der Waals surface area (Å²) in [5.41, 5.74) is 1.88. The van der Waals surface area contributed by atoms with Gasteiger partial charge in [0.25, 0.3) is 0 Å². The number of carbonyl (C=O) groups is 1. The van der Waals surface area contributed by atoms with Gasteiger partial charge in [-0.2, -0.15) is 0 Å². The normalized spacial score (nSPS) is 15.6. The van der Waals surface area contributed by atoms with Gasteiger partial charge in [-0.15, -0.1) is 0 Å². The van der Waals surface area contributed by atoms with E-state index in [-0.39, 0.29) is 11.6 Å². The molecule has 6 heteroatoms. The van der Waals surface area contributed by atoms with Gasteiger partial charge in [0.05, 0.1) is 0 Å². The summed E-state index contributed by atoms with van der Waals surface area (Å²) in [5.74, 6) is 1.34. The summed E-state index contributed by atoms with van der Waals surface area (Å²) in [6.07, 6.45) is 0.768. The minimum atomic E-state index is -3.40. The molecule has 4 aromatic carbocycles. The molecule has 1 unspecified atom stereocenters. The summed E-state index contributed by atoms with van der Waals surface area (Å²) in [6.45, 7) is 2.62. The van der Waals surface area contributed by atoms with Crippen molar-refractivity contribution in [3.63, 3.8) is 0 Å². The quantitative estimate of drug-likeness (QED) is 0.179. The Morgan fingerprint density at radius 2 is 1.27 bits per heavy atom. The number of amides is 1. The van der Waals surface area contributed by atoms with Crippen LogP contribution in [0.15, 0.2) is 133 Å². The third-order valence-corrected chi connectivity index (χ3v) is 18.8. The predicted molar refractivity (Wildman–Crippen MR) is 174 cm³/mol. The zero-order valence-electron chi connectivity index (χ0n) is 22.9. The molecule has 0 N–H and O–H groups in total. The molecule has 0 saturated heterocycles. The Kier molecular flexibility index (Phi) is 7.50. The van der Waals surface area contributed by atoms with E-state index >= 15 is 0 Å². The molecule has 0 aliphatic carbocycles. The Morgan fingerprint density at radius 3 is 1.76 bits per heavy atom. The Bertz CT molecular complexity index is 1550. The SMILES string of the molecule is CC(=O)N(Cc1ccccc1)c1ccc2c(n1)C(P(Br)(c1ccccc1)(c1ccccc1)c1ccccc1)CCO2. The summed E-state index contributed by atoms with van der Waals surface area (Å²) in [7, 11) is 0. The van der Waals surface area contributed by atoms with Crippen LogP contribution < -0.4 is 25.6 Å². The monoisotopic (exact) mass is 622 g/mol. The molecule has 2 heterocycles. The number of rotatable bonds is 7. The molecule has 0 bridgehead atoms. The van der Waals surface area contributed by atoms with E-state index in [4.69, 9.17) is 9.72 Å². The first kappa shape index (κ1) is 27.4. The van der Waals surface area contributed by atoms with E-state index in [9.17, 15) is 4.79 Å². The maximum atomic E-state index is 13.0. The number of fused-ring (bicyclic) bond motifs is 1. The molecule has 1 atom stereocenters. The molecular weight excluding hydrogens is 591 g/mol. The average molecular weight is 624 g/mol. The summed E-state index contributed by atoms with van der Waals surface area (Å²) in [4.78, 5) is 20.0. The van der Waals surface area contributed by atoms with Gasteiger partial charge in [0.1, 0.15) is 0 Å². The fourth-order valence-electron chi connectivity index (χ4n) is 6.12. The van der Waals surface area contributed by atoms with E-state index in [2.05, 4.69) is 106 Å². The van der Waals surface area contributed by atoms with Crippen LogP contribution in [0.5, 0.6) is 5.75 Å². The van der Waals surface area contributed by atoms with Crippen molar-refractivity contribution in [3.05, 3.63) is 145 Å². The molecule has 1 aliphatic heterocycles. The van der Waals surface area contributed by atoms with Crippen LogP contribution in [0.25, 0.3) is 0 Å². The molecule has 206 valence electrons. The number of carbonyl (C=O) groups excluding carboxylic acids is 1. The summed E-state index contributed by atoms with van der Waals surface area (Å²) < 4.78 is 6.25. The van der Waals surface area contributed by atoms with E-state index in [1.165, 1.54) is 15.9 Å². The Hall–Kier alpha value is -3.79. The van der Waals surface area contributed by atoms with Crippen LogP contribution in [-0.2, 0) is 11.3 Å². The van der Waals surface area contributed by atoms with Crippen molar-refractivity contribution in [1.29, 1.82) is 0 Å². The van der Waals surface area contributed by atoms with Crippen LogP contribution in [0.1, 0.15) is 30.3 Å². The van der Waals surface area contributed by atoms with Crippen molar-refractivity contribution in [2.24, 2.45) is 0 Å². The number of halogens is 1. The van der Waals surface area contributed by atoms with E-state index in [1.54, 1.807) is 11.8 Å². The number of ether oxygens (including phenoxy) is 1. The first-order chi connectivity index (χ1) is 20.0. The molecule has 41 heavy (non-hydrogen) atoms. The number of nitrogens with zero attached hydrogens (tertiary/aromatic N) is 2. The van der Waals surface area contributed by atoms with Crippen molar-refractivity contribution >= 4 is 48.4 Å². The van der Waals surface area contributed by atoms with Crippen molar-refractivity contribution in [3.8, 4) is 5.75 Å². The van der Waals surface area contributed by atoms with E-state index < -0.39 is 5.31 Å². The standard InChI is InChI=1S/C35H32BrN2O2P/c1-27(39)38(26-28-14-6-2-7-15-28)34-23-22-32-35(37-34)33(24-25-40-32)41(36,29-16-8-3-9-17-29,30-18-10-4-11-19-30)31-20-12-5-13-21-31/h2-23,33H,24-26H2,1H3. The third kappa shape index (κ3) is 4.67. The van der Waals surface area contributed by atoms with Gasteiger partial charge in [-0.05, 0) is 0 Å². The summed E-state index contributed by atoms with van der Waals surface area (Å²) >= 11 is 4.65. The molecule has 0 fully saturated rings. The minimum absolute atomic E-state index is 0.0394. The van der Waals surface area contributed by atoms with E-state index in [0.717, 1.165) is 23.4 Å². The van der Waals surface area contributed by atoms with E-state index in [1.807, 2.05) is 42.5 Å². The van der Waals surface area contributed by atoms with Gasteiger partial charge in [-0.3, -0.25) is 0 Å². The number of hydrogen-bond donors (Lipinski definition) is 0. The summed E-state index contributed by atoms with van der Waals surface area (Å²) in [6, 6.07) is 46.3. The molecule has 0 spiro atoms. The zero-order valence-corrected chi connectivity index (χ0v) is 25.4. The molecule has 4 nitrogen and oxygen atoms in total. The van der Waals surface area contributed by atoms with Crippen LogP contribution in [-0.4, -0.2) is 17.5 Å². The predicted octanol–water partition coefficient (Wildman–Crippen LogP) is 7.30. The second-order valence-corrected chi connectivity index (χ2v) is 19.1. The van der Waals surface area contributed by atoms with Gasteiger partial charge in [-0.25, -0.2) is 0 Å². The first-order valence-corrected chi connectivity index (χ1v) is 18.2. The fourth-order valence-corrected chi connectivity index (χ4v) is 14.9. The van der Waals surface area contributed by atoms with Crippen LogP contribution in [0.3, 0.4) is 0 Å². The number of benzene rings is 4. The molecule has 1 aromatic heterocycles. The van der Waals surface area contributed by atoms with Crippen LogP contribution in [0.4, 0.5) is 5.82 Å². The second-order valence-electron chi connectivity index (χ2n) is 10.4. The first-order valence-electron chi connectivity index (χ1n) is 13.9. The average Bonchev–Trinajstić information content (AvgIpc) is 3.04. The van der Waals surface area contributed by atoms with Gasteiger partial charge < -0.3 is 0 Å². The molecule has 5 aromatic rings. The zero-order chi connectivity index (χ0) is 28.3. The number of aromatic nitrogens is 1. The number of pyridine rings is 1. The Morgan fingerprint density at radius 1 is 0.780 bits per heavy atom. The van der Waals surface area contributed by atoms with Crippen LogP contribution in [0.2, 0.25) is 0 Å². The molecule has 1 aliphatic rings. The number of hydrogen-bond acceptors (Lipinski definition) is 3. The van der Waals surface area contributed by atoms with Gasteiger partial charge >= 0.3 is 250 Å². The molecular formula is C35H32BrN2O2P. The Balaban J connectivity index is 1.62. The summed E-state index contributed by atoms with van der Waals surface area (Å²) in [5, 5.41) is 0.291. The van der Waals surface area contributed by atoms with Crippen molar-refractivity contribution in [2.75, 3.05) is 11.5 Å². The van der Waals surface area contributed by atoms with Gasteiger partial charge in [0, 0.05) is 0 Å². The van der Waals surface area contributed by atoms with Crippen molar-refractivity contribution in [2.45, 2.75) is 25.5 Å².